The molecule has 27 heavy (non-hydrogen) atoms. The molecule has 7 heteroatoms. The Morgan fingerprint density at radius 1 is 1.22 bits per heavy atom. The number of rotatable bonds is 7. The van der Waals surface area contributed by atoms with E-state index in [9.17, 15) is 9.18 Å². The molecule has 0 bridgehead atoms. The fraction of sp³-hybridized carbons (Fsp3) is 0.300. The zero-order valence-electron chi connectivity index (χ0n) is 15.2. The first kappa shape index (κ1) is 18.7. The monoisotopic (exact) mass is 372 g/mol. The molecule has 0 aromatic heterocycles. The highest BCUT2D eigenvalue weighted by molar-refractivity contribution is 6.06. The van der Waals surface area contributed by atoms with Gasteiger partial charge < -0.3 is 19.6 Å². The number of nitrogens with one attached hydrogen (secondary N) is 1. The number of hydrogen-bond donors (Lipinski definition) is 1. The number of amides is 1. The average molecular weight is 372 g/mol. The SMILES string of the molecule is CCOc1ccc(OCC)c(NC(=O)[C@@H]2CC(c3cccc(F)c3)=NO2)c1. The van der Waals surface area contributed by atoms with Crippen molar-refractivity contribution >= 4 is 17.3 Å². The van der Waals surface area contributed by atoms with Gasteiger partial charge in [-0.3, -0.25) is 4.79 Å². The smallest absolute Gasteiger partial charge is 0.268 e. The van der Waals surface area contributed by atoms with Gasteiger partial charge in [0.1, 0.15) is 17.3 Å². The minimum absolute atomic E-state index is 0.254. The molecule has 2 aromatic rings. The third-order valence-corrected chi connectivity index (χ3v) is 3.94. The van der Waals surface area contributed by atoms with Gasteiger partial charge in [0, 0.05) is 18.1 Å². The van der Waals surface area contributed by atoms with Gasteiger partial charge in [-0.15, -0.1) is 0 Å². The molecule has 1 heterocycles. The van der Waals surface area contributed by atoms with Crippen LogP contribution in [0.4, 0.5) is 10.1 Å². The van der Waals surface area contributed by atoms with E-state index >= 15 is 0 Å². The lowest BCUT2D eigenvalue weighted by Gasteiger charge is -2.15. The molecule has 0 spiro atoms. The van der Waals surface area contributed by atoms with Crippen LogP contribution in [0.25, 0.3) is 0 Å². The fourth-order valence-corrected chi connectivity index (χ4v) is 2.71. The molecule has 3 rings (SSSR count). The summed E-state index contributed by atoms with van der Waals surface area (Å²) in [6.45, 7) is 4.72. The lowest BCUT2D eigenvalue weighted by atomic mass is 10.0. The van der Waals surface area contributed by atoms with E-state index in [4.69, 9.17) is 14.3 Å². The largest absolute Gasteiger partial charge is 0.494 e. The van der Waals surface area contributed by atoms with Crippen LogP contribution in [0.3, 0.4) is 0 Å². The van der Waals surface area contributed by atoms with Crippen LogP contribution in [0.2, 0.25) is 0 Å². The third kappa shape index (κ3) is 4.55. The Morgan fingerprint density at radius 2 is 2.04 bits per heavy atom. The van der Waals surface area contributed by atoms with E-state index in [2.05, 4.69) is 10.5 Å². The molecule has 0 saturated heterocycles. The van der Waals surface area contributed by atoms with Gasteiger partial charge in [0.25, 0.3) is 5.91 Å². The number of halogens is 1. The predicted octanol–water partition coefficient (Wildman–Crippen LogP) is 3.75. The Hall–Kier alpha value is -3.09. The standard InChI is InChI=1S/C20H21FN2O4/c1-3-25-15-8-9-18(26-4-2)17(11-15)22-20(24)19-12-16(23-27-19)13-6-5-7-14(21)10-13/h5-11,19H,3-4,12H2,1-2H3,(H,22,24)/t19-/m0/s1. The van der Waals surface area contributed by atoms with Crippen molar-refractivity contribution in [1.29, 1.82) is 0 Å². The lowest BCUT2D eigenvalue weighted by molar-refractivity contribution is -0.125. The summed E-state index contributed by atoms with van der Waals surface area (Å²) in [6.07, 6.45) is -0.543. The van der Waals surface area contributed by atoms with Gasteiger partial charge in [-0.1, -0.05) is 17.3 Å². The first-order valence-corrected chi connectivity index (χ1v) is 8.79. The molecule has 142 valence electrons. The summed E-state index contributed by atoms with van der Waals surface area (Å²) in [5.41, 5.74) is 1.62. The molecule has 0 radical (unpaired) electrons. The van der Waals surface area contributed by atoms with E-state index in [0.717, 1.165) is 0 Å². The number of benzene rings is 2. The number of ether oxygens (including phenoxy) is 2. The highest BCUT2D eigenvalue weighted by atomic mass is 19.1. The average Bonchev–Trinajstić information content (AvgIpc) is 3.15. The van der Waals surface area contributed by atoms with Crippen LogP contribution < -0.4 is 14.8 Å². The Morgan fingerprint density at radius 3 is 2.78 bits per heavy atom. The predicted molar refractivity (Wildman–Crippen MR) is 99.8 cm³/mol. The second-order valence-electron chi connectivity index (χ2n) is 5.86. The molecule has 1 aliphatic rings. The van der Waals surface area contributed by atoms with Crippen LogP contribution in [-0.4, -0.2) is 30.9 Å². The second-order valence-corrected chi connectivity index (χ2v) is 5.86. The quantitative estimate of drug-likeness (QED) is 0.804. The maximum absolute atomic E-state index is 13.4. The van der Waals surface area contributed by atoms with Gasteiger partial charge in [-0.25, -0.2) is 4.39 Å². The van der Waals surface area contributed by atoms with Gasteiger partial charge >= 0.3 is 0 Å². The van der Waals surface area contributed by atoms with Crippen molar-refractivity contribution < 1.29 is 23.5 Å². The summed E-state index contributed by atoms with van der Waals surface area (Å²) in [4.78, 5) is 17.9. The lowest BCUT2D eigenvalue weighted by Crippen LogP contribution is -2.28. The molecule has 0 saturated carbocycles. The summed E-state index contributed by atoms with van der Waals surface area (Å²) in [6, 6.07) is 11.3. The Bertz CT molecular complexity index is 854. The minimum Gasteiger partial charge on any atom is -0.494 e. The second kappa shape index (κ2) is 8.53. The van der Waals surface area contributed by atoms with Crippen molar-refractivity contribution in [3.8, 4) is 11.5 Å². The number of oxime groups is 1. The Balaban J connectivity index is 1.70. The molecule has 2 aromatic carbocycles. The Labute approximate surface area is 156 Å². The summed E-state index contributed by atoms with van der Waals surface area (Å²) < 4.78 is 24.4. The van der Waals surface area contributed by atoms with Crippen molar-refractivity contribution in [3.05, 3.63) is 53.8 Å². The molecule has 1 amide bonds. The van der Waals surface area contributed by atoms with Crippen molar-refractivity contribution in [2.24, 2.45) is 5.16 Å². The number of carbonyl (C=O) groups is 1. The summed E-state index contributed by atoms with van der Waals surface area (Å²) >= 11 is 0. The number of nitrogens with zero attached hydrogens (tertiary/aromatic N) is 1. The molecule has 0 fully saturated rings. The molecule has 1 aliphatic heterocycles. The first-order chi connectivity index (χ1) is 13.1. The van der Waals surface area contributed by atoms with E-state index in [0.29, 0.717) is 41.7 Å². The van der Waals surface area contributed by atoms with Crippen molar-refractivity contribution in [1.82, 2.24) is 0 Å². The van der Waals surface area contributed by atoms with Crippen LogP contribution >= 0.6 is 0 Å². The summed E-state index contributed by atoms with van der Waals surface area (Å²) in [7, 11) is 0. The van der Waals surface area contributed by atoms with Crippen LogP contribution in [0.1, 0.15) is 25.8 Å². The topological polar surface area (TPSA) is 69.2 Å². The first-order valence-electron chi connectivity index (χ1n) is 8.79. The van der Waals surface area contributed by atoms with Crippen LogP contribution in [0.5, 0.6) is 11.5 Å². The van der Waals surface area contributed by atoms with Gasteiger partial charge in [0.2, 0.25) is 6.10 Å². The van der Waals surface area contributed by atoms with E-state index < -0.39 is 6.10 Å². The van der Waals surface area contributed by atoms with Gasteiger partial charge in [0.15, 0.2) is 0 Å². The zero-order valence-corrected chi connectivity index (χ0v) is 15.2. The van der Waals surface area contributed by atoms with Crippen molar-refractivity contribution in [2.45, 2.75) is 26.4 Å². The van der Waals surface area contributed by atoms with Crippen LogP contribution in [0, 0.1) is 5.82 Å². The molecule has 1 N–H and O–H groups in total. The highest BCUT2D eigenvalue weighted by Crippen LogP contribution is 2.30. The molecule has 0 unspecified atom stereocenters. The molecule has 0 aliphatic carbocycles. The summed E-state index contributed by atoms with van der Waals surface area (Å²) in [5.74, 6) is 0.441. The van der Waals surface area contributed by atoms with E-state index in [1.54, 1.807) is 30.3 Å². The van der Waals surface area contributed by atoms with E-state index in [1.165, 1.54) is 12.1 Å². The zero-order chi connectivity index (χ0) is 19.2. The Kier molecular flexibility index (Phi) is 5.90. The maximum Gasteiger partial charge on any atom is 0.268 e. The fourth-order valence-electron chi connectivity index (χ4n) is 2.71. The molecule has 1 atom stereocenters. The molecule has 6 nitrogen and oxygen atoms in total. The maximum atomic E-state index is 13.4. The highest BCUT2D eigenvalue weighted by Gasteiger charge is 2.29. The van der Waals surface area contributed by atoms with Crippen LogP contribution in [0.15, 0.2) is 47.6 Å². The van der Waals surface area contributed by atoms with Gasteiger partial charge in [0.05, 0.1) is 24.6 Å². The number of anilines is 1. The molecular formula is C20H21FN2O4. The number of carbonyl (C=O) groups excluding carboxylic acids is 1. The van der Waals surface area contributed by atoms with Crippen LogP contribution in [-0.2, 0) is 9.63 Å². The van der Waals surface area contributed by atoms with Crippen molar-refractivity contribution in [2.75, 3.05) is 18.5 Å². The van der Waals surface area contributed by atoms with Gasteiger partial charge in [-0.2, -0.15) is 0 Å². The molecular weight excluding hydrogens is 351 g/mol. The third-order valence-electron chi connectivity index (χ3n) is 3.94. The van der Waals surface area contributed by atoms with E-state index in [-0.39, 0.29) is 18.1 Å². The normalized spacial score (nSPS) is 15.7. The number of hydrogen-bond acceptors (Lipinski definition) is 5. The van der Waals surface area contributed by atoms with E-state index in [1.807, 2.05) is 13.8 Å². The minimum atomic E-state index is -0.798. The van der Waals surface area contributed by atoms with Gasteiger partial charge in [-0.05, 0) is 38.1 Å². The summed E-state index contributed by atoms with van der Waals surface area (Å²) in [5, 5.41) is 6.73. The van der Waals surface area contributed by atoms with Crippen molar-refractivity contribution in [3.63, 3.8) is 0 Å².